The number of hydrogen-bond acceptors (Lipinski definition) is 3. The van der Waals surface area contributed by atoms with Gasteiger partial charge in [-0.3, -0.25) is 9.36 Å². The summed E-state index contributed by atoms with van der Waals surface area (Å²) in [6, 6.07) is 11.2. The van der Waals surface area contributed by atoms with Gasteiger partial charge in [0, 0.05) is 25.2 Å². The Labute approximate surface area is 137 Å². The predicted molar refractivity (Wildman–Crippen MR) is 89.5 cm³/mol. The lowest BCUT2D eigenvalue weighted by Crippen LogP contribution is -2.14. The van der Waals surface area contributed by atoms with Crippen LogP contribution in [0.15, 0.2) is 51.7 Å². The number of hydrogen-bond donors (Lipinski definition) is 1. The van der Waals surface area contributed by atoms with E-state index in [0.717, 1.165) is 5.56 Å². The lowest BCUT2D eigenvalue weighted by Gasteiger charge is -2.12. The normalized spacial score (nSPS) is 12.3. The molecule has 1 heterocycles. The molecule has 0 aliphatic carbocycles. The largest absolute Gasteiger partial charge is 0.419 e. The van der Waals surface area contributed by atoms with E-state index < -0.39 is 5.76 Å². The van der Waals surface area contributed by atoms with Gasteiger partial charge in [-0.2, -0.15) is 0 Å². The fourth-order valence-electron chi connectivity index (χ4n) is 2.61. The second-order valence-corrected chi connectivity index (χ2v) is 5.81. The SMILES string of the molecule is CC(CC(=O)Nc1ccc2c(c1)oc(=O)n2C)c1ccc(F)cc1. The number of halogens is 1. The van der Waals surface area contributed by atoms with Crippen molar-refractivity contribution in [3.63, 3.8) is 0 Å². The number of nitrogens with zero attached hydrogens (tertiary/aromatic N) is 1. The average Bonchev–Trinajstić information content (AvgIpc) is 2.82. The van der Waals surface area contributed by atoms with Crippen molar-refractivity contribution in [2.24, 2.45) is 7.05 Å². The van der Waals surface area contributed by atoms with Crippen LogP contribution in [0.5, 0.6) is 0 Å². The third-order valence-electron chi connectivity index (χ3n) is 4.01. The van der Waals surface area contributed by atoms with E-state index in [1.807, 2.05) is 6.92 Å². The molecule has 6 heteroatoms. The minimum Gasteiger partial charge on any atom is -0.408 e. The second-order valence-electron chi connectivity index (χ2n) is 5.81. The molecule has 124 valence electrons. The van der Waals surface area contributed by atoms with Gasteiger partial charge in [-0.1, -0.05) is 19.1 Å². The van der Waals surface area contributed by atoms with Crippen molar-refractivity contribution < 1.29 is 13.6 Å². The summed E-state index contributed by atoms with van der Waals surface area (Å²) in [6.45, 7) is 1.91. The number of benzene rings is 2. The molecule has 0 aliphatic heterocycles. The van der Waals surface area contributed by atoms with Gasteiger partial charge in [0.15, 0.2) is 5.58 Å². The first-order chi connectivity index (χ1) is 11.4. The standard InChI is InChI=1S/C18H17FN2O3/c1-11(12-3-5-13(19)6-4-12)9-17(22)20-14-7-8-15-16(10-14)24-18(23)21(15)2/h3-8,10-11H,9H2,1-2H3,(H,20,22). The molecule has 1 amide bonds. The summed E-state index contributed by atoms with van der Waals surface area (Å²) in [7, 11) is 1.62. The monoisotopic (exact) mass is 328 g/mol. The van der Waals surface area contributed by atoms with E-state index >= 15 is 0 Å². The number of fused-ring (bicyclic) bond motifs is 1. The zero-order valence-corrected chi connectivity index (χ0v) is 13.4. The molecule has 1 unspecified atom stereocenters. The molecule has 0 bridgehead atoms. The van der Waals surface area contributed by atoms with E-state index in [4.69, 9.17) is 4.42 Å². The maximum atomic E-state index is 12.9. The molecule has 0 saturated heterocycles. The molecule has 0 aliphatic rings. The number of oxazole rings is 1. The van der Waals surface area contributed by atoms with Crippen molar-refractivity contribution in [3.05, 3.63) is 64.4 Å². The number of aryl methyl sites for hydroxylation is 1. The third kappa shape index (κ3) is 3.22. The van der Waals surface area contributed by atoms with Crippen LogP contribution in [-0.2, 0) is 11.8 Å². The topological polar surface area (TPSA) is 64.2 Å². The van der Waals surface area contributed by atoms with Crippen LogP contribution >= 0.6 is 0 Å². The molecule has 1 N–H and O–H groups in total. The lowest BCUT2D eigenvalue weighted by atomic mass is 9.97. The summed E-state index contributed by atoms with van der Waals surface area (Å²) in [5.74, 6) is -0.945. The molecule has 3 rings (SSSR count). The van der Waals surface area contributed by atoms with Gasteiger partial charge in [-0.05, 0) is 35.7 Å². The zero-order valence-electron chi connectivity index (χ0n) is 13.4. The molecule has 5 nitrogen and oxygen atoms in total. The van der Waals surface area contributed by atoms with Crippen LogP contribution in [0.4, 0.5) is 10.1 Å². The number of nitrogens with one attached hydrogen (secondary N) is 1. The van der Waals surface area contributed by atoms with Crippen LogP contribution in [0, 0.1) is 5.82 Å². The van der Waals surface area contributed by atoms with Crippen LogP contribution < -0.4 is 11.1 Å². The number of amides is 1. The van der Waals surface area contributed by atoms with E-state index in [9.17, 15) is 14.0 Å². The highest BCUT2D eigenvalue weighted by atomic mass is 19.1. The van der Waals surface area contributed by atoms with Gasteiger partial charge in [-0.25, -0.2) is 9.18 Å². The van der Waals surface area contributed by atoms with E-state index in [1.165, 1.54) is 16.7 Å². The number of carbonyl (C=O) groups is 1. The molecule has 24 heavy (non-hydrogen) atoms. The van der Waals surface area contributed by atoms with Gasteiger partial charge in [-0.15, -0.1) is 0 Å². The Morgan fingerprint density at radius 3 is 2.67 bits per heavy atom. The van der Waals surface area contributed by atoms with Gasteiger partial charge >= 0.3 is 5.76 Å². The van der Waals surface area contributed by atoms with Crippen LogP contribution in [-0.4, -0.2) is 10.5 Å². The third-order valence-corrected chi connectivity index (χ3v) is 4.01. The Bertz CT molecular complexity index is 941. The first-order valence-electron chi connectivity index (χ1n) is 7.59. The minimum atomic E-state index is -0.446. The van der Waals surface area contributed by atoms with Crippen molar-refractivity contribution in [1.29, 1.82) is 0 Å². The first-order valence-corrected chi connectivity index (χ1v) is 7.59. The number of aromatic nitrogens is 1. The first kappa shape index (κ1) is 16.0. The van der Waals surface area contributed by atoms with E-state index in [-0.39, 0.29) is 24.1 Å². The fraction of sp³-hybridized carbons (Fsp3) is 0.222. The highest BCUT2D eigenvalue weighted by molar-refractivity contribution is 5.93. The summed E-state index contributed by atoms with van der Waals surface area (Å²) in [6.07, 6.45) is 0.266. The van der Waals surface area contributed by atoms with Gasteiger partial charge in [0.1, 0.15) is 5.82 Å². The van der Waals surface area contributed by atoms with Crippen LogP contribution in [0.2, 0.25) is 0 Å². The molecular formula is C18H17FN2O3. The van der Waals surface area contributed by atoms with Crippen molar-refractivity contribution >= 4 is 22.7 Å². The predicted octanol–water partition coefficient (Wildman–Crippen LogP) is 3.40. The number of anilines is 1. The van der Waals surface area contributed by atoms with Crippen LogP contribution in [0.3, 0.4) is 0 Å². The molecule has 0 radical (unpaired) electrons. The Balaban J connectivity index is 1.70. The maximum absolute atomic E-state index is 12.9. The summed E-state index contributed by atoms with van der Waals surface area (Å²) < 4.78 is 19.4. The van der Waals surface area contributed by atoms with Crippen molar-refractivity contribution in [1.82, 2.24) is 4.57 Å². The Kier molecular flexibility index (Phi) is 4.20. The maximum Gasteiger partial charge on any atom is 0.419 e. The molecule has 1 aromatic heterocycles. The van der Waals surface area contributed by atoms with Crippen molar-refractivity contribution in [3.8, 4) is 0 Å². The van der Waals surface area contributed by atoms with E-state index in [1.54, 1.807) is 37.4 Å². The highest BCUT2D eigenvalue weighted by Crippen LogP contribution is 2.22. The molecule has 0 spiro atoms. The summed E-state index contributed by atoms with van der Waals surface area (Å²) in [5, 5.41) is 2.79. The Morgan fingerprint density at radius 1 is 1.25 bits per heavy atom. The molecule has 2 aromatic carbocycles. The molecule has 0 fully saturated rings. The molecular weight excluding hydrogens is 311 g/mol. The summed E-state index contributed by atoms with van der Waals surface area (Å²) >= 11 is 0. The van der Waals surface area contributed by atoms with Crippen LogP contribution in [0.25, 0.3) is 11.1 Å². The number of rotatable bonds is 4. The van der Waals surface area contributed by atoms with Gasteiger partial charge in [0.2, 0.25) is 5.91 Å². The van der Waals surface area contributed by atoms with Gasteiger partial charge in [0.05, 0.1) is 5.52 Å². The molecule has 0 saturated carbocycles. The second kappa shape index (κ2) is 6.31. The zero-order chi connectivity index (χ0) is 17.3. The van der Waals surface area contributed by atoms with Gasteiger partial charge in [0.25, 0.3) is 0 Å². The lowest BCUT2D eigenvalue weighted by molar-refractivity contribution is -0.116. The fourth-order valence-corrected chi connectivity index (χ4v) is 2.61. The van der Waals surface area contributed by atoms with E-state index in [0.29, 0.717) is 16.8 Å². The van der Waals surface area contributed by atoms with E-state index in [2.05, 4.69) is 5.32 Å². The number of carbonyl (C=O) groups excluding carboxylic acids is 1. The van der Waals surface area contributed by atoms with Gasteiger partial charge < -0.3 is 9.73 Å². The summed E-state index contributed by atoms with van der Waals surface area (Å²) in [5.41, 5.74) is 2.55. The van der Waals surface area contributed by atoms with Crippen LogP contribution in [0.1, 0.15) is 24.8 Å². The smallest absolute Gasteiger partial charge is 0.408 e. The summed E-state index contributed by atoms with van der Waals surface area (Å²) in [4.78, 5) is 23.7. The Hall–Kier alpha value is -2.89. The highest BCUT2D eigenvalue weighted by Gasteiger charge is 2.13. The average molecular weight is 328 g/mol. The quantitative estimate of drug-likeness (QED) is 0.798. The Morgan fingerprint density at radius 2 is 1.96 bits per heavy atom. The van der Waals surface area contributed by atoms with Crippen molar-refractivity contribution in [2.75, 3.05) is 5.32 Å². The molecule has 3 aromatic rings. The van der Waals surface area contributed by atoms with Crippen molar-refractivity contribution in [2.45, 2.75) is 19.3 Å². The minimum absolute atomic E-state index is 0.0380. The molecule has 1 atom stereocenters.